The van der Waals surface area contributed by atoms with Crippen molar-refractivity contribution >= 4 is 11.9 Å². The van der Waals surface area contributed by atoms with E-state index in [4.69, 9.17) is 4.74 Å². The standard InChI is InChI=1S/C14H17N3O4.Li/c18-13(10-7-21-8-10)17-3-1-9(2-4-17)11-5-15-6-12(16-11)14(19)20;/h5-6,9-10H,1-4,7-8H2,(H,19,20);/q;+1/p-1. The first kappa shape index (κ1) is 16.9. The van der Waals surface area contributed by atoms with E-state index in [0.717, 1.165) is 12.8 Å². The van der Waals surface area contributed by atoms with E-state index >= 15 is 0 Å². The van der Waals surface area contributed by atoms with Crippen molar-refractivity contribution < 1.29 is 38.3 Å². The molecule has 22 heavy (non-hydrogen) atoms. The molecule has 2 fully saturated rings. The van der Waals surface area contributed by atoms with E-state index in [0.29, 0.717) is 32.0 Å². The molecule has 2 aliphatic rings. The summed E-state index contributed by atoms with van der Waals surface area (Å²) in [5.74, 6) is -1.00. The largest absolute Gasteiger partial charge is 1.00 e. The maximum Gasteiger partial charge on any atom is 1.00 e. The Hall–Kier alpha value is -1.42. The van der Waals surface area contributed by atoms with Crippen LogP contribution in [0.3, 0.4) is 0 Å². The number of carboxylic acid groups (broad SMARTS) is 1. The number of likely N-dealkylation sites (tertiary alicyclic amines) is 1. The van der Waals surface area contributed by atoms with Gasteiger partial charge in [-0.2, -0.15) is 0 Å². The molecule has 1 aromatic heterocycles. The molecule has 0 saturated carbocycles. The molecule has 3 heterocycles. The Labute approximate surface area is 140 Å². The number of hydrogen-bond donors (Lipinski definition) is 0. The van der Waals surface area contributed by atoms with E-state index in [9.17, 15) is 14.7 Å². The molecule has 0 bridgehead atoms. The van der Waals surface area contributed by atoms with Crippen LogP contribution in [0, 0.1) is 5.92 Å². The number of hydrogen-bond acceptors (Lipinski definition) is 6. The molecule has 0 N–H and O–H groups in total. The van der Waals surface area contributed by atoms with Gasteiger partial charge in [0.25, 0.3) is 0 Å². The van der Waals surface area contributed by atoms with Gasteiger partial charge in [0, 0.05) is 25.2 Å². The van der Waals surface area contributed by atoms with Crippen molar-refractivity contribution in [3.8, 4) is 0 Å². The number of amides is 1. The molecule has 0 spiro atoms. The molecule has 1 aromatic rings. The van der Waals surface area contributed by atoms with Crippen molar-refractivity contribution in [2.24, 2.45) is 5.92 Å². The summed E-state index contributed by atoms with van der Waals surface area (Å²) >= 11 is 0. The quantitative estimate of drug-likeness (QED) is 0.531. The fourth-order valence-electron chi connectivity index (χ4n) is 2.71. The van der Waals surface area contributed by atoms with Crippen LogP contribution >= 0.6 is 0 Å². The smallest absolute Gasteiger partial charge is 0.543 e. The zero-order chi connectivity index (χ0) is 14.8. The predicted molar refractivity (Wildman–Crippen MR) is 69.2 cm³/mol. The van der Waals surface area contributed by atoms with Gasteiger partial charge in [-0.1, -0.05) is 0 Å². The van der Waals surface area contributed by atoms with Crippen LogP contribution in [0.1, 0.15) is 34.9 Å². The van der Waals surface area contributed by atoms with Gasteiger partial charge in [0.1, 0.15) is 5.69 Å². The van der Waals surface area contributed by atoms with Gasteiger partial charge < -0.3 is 19.5 Å². The minimum atomic E-state index is -1.32. The predicted octanol–water partition coefficient (Wildman–Crippen LogP) is -3.80. The molecular formula is C14H16LiN3O4. The second-order valence-corrected chi connectivity index (χ2v) is 5.45. The second kappa shape index (κ2) is 7.23. The number of rotatable bonds is 3. The molecule has 8 heteroatoms. The maximum absolute atomic E-state index is 12.1. The number of aromatic nitrogens is 2. The number of carbonyl (C=O) groups is 2. The Morgan fingerprint density at radius 1 is 1.23 bits per heavy atom. The fraction of sp³-hybridized carbons (Fsp3) is 0.571. The number of ether oxygens (including phenoxy) is 1. The third-order valence-corrected chi connectivity index (χ3v) is 4.07. The Morgan fingerprint density at radius 3 is 2.45 bits per heavy atom. The van der Waals surface area contributed by atoms with E-state index in [1.54, 1.807) is 6.20 Å². The van der Waals surface area contributed by atoms with E-state index < -0.39 is 5.97 Å². The Balaban J connectivity index is 0.00000176. The van der Waals surface area contributed by atoms with Gasteiger partial charge in [0.05, 0.1) is 37.0 Å². The van der Waals surface area contributed by atoms with Crippen molar-refractivity contribution in [3.05, 3.63) is 23.8 Å². The summed E-state index contributed by atoms with van der Waals surface area (Å²) in [5, 5.41) is 10.8. The Kier molecular flexibility index (Phi) is 5.56. The van der Waals surface area contributed by atoms with Crippen LogP contribution in [0.25, 0.3) is 0 Å². The monoisotopic (exact) mass is 297 g/mol. The zero-order valence-corrected chi connectivity index (χ0v) is 12.5. The molecule has 0 unspecified atom stereocenters. The van der Waals surface area contributed by atoms with Gasteiger partial charge in [-0.15, -0.1) is 0 Å². The van der Waals surface area contributed by atoms with E-state index in [1.165, 1.54) is 6.20 Å². The van der Waals surface area contributed by atoms with Crippen LogP contribution in [-0.2, 0) is 9.53 Å². The molecule has 7 nitrogen and oxygen atoms in total. The number of carbonyl (C=O) groups excluding carboxylic acids is 2. The van der Waals surface area contributed by atoms with Gasteiger partial charge >= 0.3 is 18.9 Å². The summed E-state index contributed by atoms with van der Waals surface area (Å²) in [7, 11) is 0. The Bertz CT molecular complexity index is 557. The van der Waals surface area contributed by atoms with Crippen molar-refractivity contribution in [3.63, 3.8) is 0 Å². The van der Waals surface area contributed by atoms with Crippen LogP contribution < -0.4 is 24.0 Å². The third-order valence-electron chi connectivity index (χ3n) is 4.07. The minimum absolute atomic E-state index is 0. The summed E-state index contributed by atoms with van der Waals surface area (Å²) in [6, 6.07) is 0. The first-order valence-electron chi connectivity index (χ1n) is 7.05. The first-order chi connectivity index (χ1) is 10.1. The minimum Gasteiger partial charge on any atom is -0.543 e. The summed E-state index contributed by atoms with van der Waals surface area (Å²) < 4.78 is 5.05. The van der Waals surface area contributed by atoms with Crippen LogP contribution in [0.2, 0.25) is 0 Å². The van der Waals surface area contributed by atoms with E-state index in [1.807, 2.05) is 4.90 Å². The van der Waals surface area contributed by atoms with Crippen molar-refractivity contribution in [2.45, 2.75) is 18.8 Å². The SMILES string of the molecule is O=C([O-])c1cncc(C2CCN(C(=O)C3COC3)CC2)n1.[Li+]. The average molecular weight is 297 g/mol. The summed E-state index contributed by atoms with van der Waals surface area (Å²) in [5.41, 5.74) is 0.522. The number of piperidine rings is 1. The molecule has 0 atom stereocenters. The van der Waals surface area contributed by atoms with E-state index in [2.05, 4.69) is 9.97 Å². The van der Waals surface area contributed by atoms with Gasteiger partial charge in [0.15, 0.2) is 0 Å². The molecule has 2 aliphatic heterocycles. The normalized spacial score (nSPS) is 19.2. The van der Waals surface area contributed by atoms with Crippen molar-refractivity contribution in [1.29, 1.82) is 0 Å². The molecule has 3 rings (SSSR count). The molecule has 112 valence electrons. The molecule has 2 saturated heterocycles. The van der Waals surface area contributed by atoms with Crippen molar-refractivity contribution in [1.82, 2.24) is 14.9 Å². The van der Waals surface area contributed by atoms with Gasteiger partial charge in [-0.05, 0) is 12.8 Å². The molecular weight excluding hydrogens is 281 g/mol. The van der Waals surface area contributed by atoms with Crippen LogP contribution in [0.4, 0.5) is 0 Å². The van der Waals surface area contributed by atoms with E-state index in [-0.39, 0.29) is 42.3 Å². The molecule has 0 aliphatic carbocycles. The maximum atomic E-state index is 12.1. The van der Waals surface area contributed by atoms with Crippen LogP contribution in [-0.4, -0.2) is 53.0 Å². The number of carboxylic acids is 1. The van der Waals surface area contributed by atoms with Gasteiger partial charge in [-0.25, -0.2) is 4.98 Å². The van der Waals surface area contributed by atoms with Crippen LogP contribution in [0.5, 0.6) is 0 Å². The zero-order valence-electron chi connectivity index (χ0n) is 12.5. The first-order valence-corrected chi connectivity index (χ1v) is 7.05. The molecule has 0 aromatic carbocycles. The number of aromatic carboxylic acids is 1. The summed E-state index contributed by atoms with van der Waals surface area (Å²) in [4.78, 5) is 32.8. The van der Waals surface area contributed by atoms with Crippen molar-refractivity contribution in [2.75, 3.05) is 26.3 Å². The third kappa shape index (κ3) is 3.49. The van der Waals surface area contributed by atoms with Gasteiger partial charge in [-0.3, -0.25) is 9.78 Å². The molecule has 1 amide bonds. The Morgan fingerprint density at radius 2 is 1.91 bits per heavy atom. The average Bonchev–Trinajstić information content (AvgIpc) is 2.46. The second-order valence-electron chi connectivity index (χ2n) is 5.45. The van der Waals surface area contributed by atoms with Gasteiger partial charge in [0.2, 0.25) is 5.91 Å². The summed E-state index contributed by atoms with van der Waals surface area (Å²) in [6.07, 6.45) is 4.32. The summed E-state index contributed by atoms with van der Waals surface area (Å²) in [6.45, 7) is 2.38. The topological polar surface area (TPSA) is 95.5 Å². The fourth-order valence-corrected chi connectivity index (χ4v) is 2.71. The van der Waals surface area contributed by atoms with Crippen LogP contribution in [0.15, 0.2) is 12.4 Å². The molecule has 0 radical (unpaired) electrons. The number of nitrogens with zero attached hydrogens (tertiary/aromatic N) is 3.